The van der Waals surface area contributed by atoms with Crippen molar-refractivity contribution in [3.63, 3.8) is 0 Å². The Bertz CT molecular complexity index is 984. The Hall–Kier alpha value is -2.23. The van der Waals surface area contributed by atoms with Crippen LogP contribution in [0, 0.1) is 0 Å². The van der Waals surface area contributed by atoms with Crippen molar-refractivity contribution in [2.45, 2.75) is 76.1 Å². The van der Waals surface area contributed by atoms with E-state index in [0.29, 0.717) is 0 Å². The van der Waals surface area contributed by atoms with Gasteiger partial charge in [-0.25, -0.2) is 0 Å². The number of aliphatic hydroxyl groups excluding tert-OH is 1. The van der Waals surface area contributed by atoms with Crippen LogP contribution in [0.25, 0.3) is 10.4 Å². The molecule has 5 atom stereocenters. The lowest BCUT2D eigenvalue weighted by atomic mass is 9.99. The minimum Gasteiger partial charge on any atom is -0.405 e. The lowest BCUT2D eigenvalue weighted by Crippen LogP contribution is -2.68. The van der Waals surface area contributed by atoms with Crippen LogP contribution in [-0.4, -0.2) is 56.5 Å². The van der Waals surface area contributed by atoms with Crippen LogP contribution in [-0.2, 0) is 18.6 Å². The Balaban J connectivity index is 1.73. The first-order chi connectivity index (χ1) is 16.1. The molecule has 0 saturated carbocycles. The van der Waals surface area contributed by atoms with Gasteiger partial charge in [0.1, 0.15) is 24.4 Å². The van der Waals surface area contributed by atoms with E-state index >= 15 is 0 Å². The van der Waals surface area contributed by atoms with Crippen molar-refractivity contribution in [1.29, 1.82) is 0 Å². The maximum Gasteiger partial charge on any atom is 0.261 e. The van der Waals surface area contributed by atoms with Crippen molar-refractivity contribution in [1.82, 2.24) is 0 Å². The predicted octanol–water partition coefficient (Wildman–Crippen LogP) is 3.48. The van der Waals surface area contributed by atoms with Gasteiger partial charge in [0.25, 0.3) is 8.32 Å². The molecule has 0 radical (unpaired) electrons. The molecule has 0 amide bonds. The molecule has 2 fully saturated rings. The molecule has 0 spiro atoms. The molecule has 34 heavy (non-hydrogen) atoms. The van der Waals surface area contributed by atoms with Gasteiger partial charge in [0.2, 0.25) is 0 Å². The number of hydrogen-bond donors (Lipinski definition) is 1. The summed E-state index contributed by atoms with van der Waals surface area (Å²) < 4.78 is 25.1. The summed E-state index contributed by atoms with van der Waals surface area (Å²) in [7, 11) is -2.81. The second-order valence-electron chi connectivity index (χ2n) is 10.3. The maximum absolute atomic E-state index is 10.7. The fourth-order valence-electron chi connectivity index (χ4n) is 5.12. The van der Waals surface area contributed by atoms with Crippen LogP contribution in [0.4, 0.5) is 0 Å². The van der Waals surface area contributed by atoms with Gasteiger partial charge in [0.15, 0.2) is 12.0 Å². The summed E-state index contributed by atoms with van der Waals surface area (Å²) in [5.74, 6) is -0.902. The largest absolute Gasteiger partial charge is 0.405 e. The molecule has 2 heterocycles. The number of ether oxygens (including phenoxy) is 3. The van der Waals surface area contributed by atoms with E-state index in [1.165, 1.54) is 0 Å². The molecular weight excluding hydrogens is 450 g/mol. The van der Waals surface area contributed by atoms with E-state index in [-0.39, 0.29) is 11.6 Å². The van der Waals surface area contributed by atoms with Gasteiger partial charge >= 0.3 is 0 Å². The Morgan fingerprint density at radius 3 is 2.03 bits per heavy atom. The summed E-state index contributed by atoms with van der Waals surface area (Å²) >= 11 is 0. The van der Waals surface area contributed by atoms with Crippen molar-refractivity contribution in [3.8, 4) is 0 Å². The van der Waals surface area contributed by atoms with E-state index in [2.05, 4.69) is 55.1 Å². The summed E-state index contributed by atoms with van der Waals surface area (Å²) in [6.45, 7) is 10.4. The average molecular weight is 484 g/mol. The summed E-state index contributed by atoms with van der Waals surface area (Å²) in [4.78, 5) is 2.85. The van der Waals surface area contributed by atoms with Gasteiger partial charge in [0.05, 0.1) is 6.61 Å². The van der Waals surface area contributed by atoms with Gasteiger partial charge in [-0.1, -0.05) is 86.5 Å². The Morgan fingerprint density at radius 2 is 1.53 bits per heavy atom. The molecule has 8 nitrogen and oxygen atoms in total. The highest BCUT2D eigenvalue weighted by atomic mass is 28.4. The van der Waals surface area contributed by atoms with Crippen molar-refractivity contribution in [2.24, 2.45) is 5.11 Å². The normalized spacial score (nSPS) is 28.7. The van der Waals surface area contributed by atoms with E-state index < -0.39 is 44.7 Å². The first kappa shape index (κ1) is 24.9. The number of aliphatic hydroxyl groups is 1. The second-order valence-corrected chi connectivity index (χ2v) is 14.6. The van der Waals surface area contributed by atoms with Gasteiger partial charge < -0.3 is 23.7 Å². The number of rotatable bonds is 6. The van der Waals surface area contributed by atoms with E-state index in [1.807, 2.05) is 36.4 Å². The molecule has 2 aromatic carbocycles. The van der Waals surface area contributed by atoms with E-state index in [9.17, 15) is 5.11 Å². The lowest BCUT2D eigenvalue weighted by molar-refractivity contribution is -0.192. The molecule has 2 aliphatic heterocycles. The number of fused-ring (bicyclic) bond motifs is 1. The van der Waals surface area contributed by atoms with Crippen molar-refractivity contribution in [2.75, 3.05) is 6.61 Å². The summed E-state index contributed by atoms with van der Waals surface area (Å²) in [5, 5.41) is 16.5. The Labute approximate surface area is 201 Å². The molecule has 0 bridgehead atoms. The van der Waals surface area contributed by atoms with Crippen molar-refractivity contribution >= 4 is 18.7 Å². The van der Waals surface area contributed by atoms with Gasteiger partial charge in [-0.05, 0) is 34.8 Å². The highest BCUT2D eigenvalue weighted by molar-refractivity contribution is 6.99. The SMILES string of the molecule is CC1(C)O[C@@H]2C(O)[C@H](N=[N+]=[N-])OC(CO[Si](c3ccccc3)(c3ccccc3)C(C)(C)C)[C@@H]2O1. The van der Waals surface area contributed by atoms with Gasteiger partial charge in [-0.3, -0.25) is 0 Å². The standard InChI is InChI=1S/C25H33N3O5Si/c1-24(2,3)34(17-12-8-6-9-13-17,18-14-10-7-11-15-18)30-16-19-21-22(33-25(4,5)32-21)20(29)23(31-19)27-28-26/h6-15,19-23,29H,16H2,1-5H3/t19?,20?,21-,22+,23+/m0/s1. The van der Waals surface area contributed by atoms with Crippen LogP contribution in [0.2, 0.25) is 5.04 Å². The molecule has 9 heteroatoms. The fourth-order valence-corrected chi connectivity index (χ4v) is 9.69. The minimum atomic E-state index is -2.81. The van der Waals surface area contributed by atoms with Gasteiger partial charge in [-0.2, -0.15) is 0 Å². The van der Waals surface area contributed by atoms with Crippen LogP contribution in [0.3, 0.4) is 0 Å². The number of benzene rings is 2. The topological polar surface area (TPSA) is 106 Å². The Kier molecular flexibility index (Phi) is 6.90. The molecule has 2 unspecified atom stereocenters. The van der Waals surface area contributed by atoms with Crippen molar-refractivity contribution in [3.05, 3.63) is 71.1 Å². The quantitative estimate of drug-likeness (QED) is 0.293. The van der Waals surface area contributed by atoms with Crippen LogP contribution >= 0.6 is 0 Å². The zero-order valence-electron chi connectivity index (χ0n) is 20.3. The lowest BCUT2D eigenvalue weighted by Gasteiger charge is -2.45. The van der Waals surface area contributed by atoms with Gasteiger partial charge in [0, 0.05) is 4.91 Å². The van der Waals surface area contributed by atoms with E-state index in [4.69, 9.17) is 24.2 Å². The highest BCUT2D eigenvalue weighted by Gasteiger charge is 2.56. The van der Waals surface area contributed by atoms with Crippen LogP contribution in [0.15, 0.2) is 65.8 Å². The smallest absolute Gasteiger partial charge is 0.261 e. The summed E-state index contributed by atoms with van der Waals surface area (Å²) in [5.41, 5.74) is 9.00. The molecule has 0 aromatic heterocycles. The van der Waals surface area contributed by atoms with E-state index in [1.54, 1.807) is 13.8 Å². The number of azide groups is 1. The fraction of sp³-hybridized carbons (Fsp3) is 0.520. The molecule has 2 aromatic rings. The Morgan fingerprint density at radius 1 is 1.00 bits per heavy atom. The first-order valence-corrected chi connectivity index (χ1v) is 13.5. The number of nitrogens with zero attached hydrogens (tertiary/aromatic N) is 3. The third kappa shape index (κ3) is 4.53. The zero-order chi connectivity index (χ0) is 24.6. The highest BCUT2D eigenvalue weighted by Crippen LogP contribution is 2.40. The molecule has 1 N–H and O–H groups in total. The molecule has 2 saturated heterocycles. The molecule has 0 aliphatic carbocycles. The summed E-state index contributed by atoms with van der Waals surface area (Å²) in [6, 6.07) is 20.6. The van der Waals surface area contributed by atoms with E-state index in [0.717, 1.165) is 10.4 Å². The minimum absolute atomic E-state index is 0.193. The van der Waals surface area contributed by atoms with Gasteiger partial charge in [-0.15, -0.1) is 0 Å². The average Bonchev–Trinajstić information content (AvgIpc) is 3.13. The summed E-state index contributed by atoms with van der Waals surface area (Å²) in [6.07, 6.45) is -4.06. The van der Waals surface area contributed by atoms with Crippen LogP contribution < -0.4 is 10.4 Å². The number of hydrogen-bond acceptors (Lipinski definition) is 6. The first-order valence-electron chi connectivity index (χ1n) is 11.6. The second kappa shape index (κ2) is 9.43. The van der Waals surface area contributed by atoms with Crippen LogP contribution in [0.1, 0.15) is 34.6 Å². The molecular formula is C25H33N3O5Si. The maximum atomic E-state index is 10.7. The monoisotopic (exact) mass is 483 g/mol. The third-order valence-corrected chi connectivity index (χ3v) is 11.5. The van der Waals surface area contributed by atoms with Crippen molar-refractivity contribution < 1.29 is 23.7 Å². The molecule has 182 valence electrons. The van der Waals surface area contributed by atoms with Crippen LogP contribution in [0.5, 0.6) is 0 Å². The third-order valence-electron chi connectivity index (χ3n) is 6.52. The molecule has 2 aliphatic rings. The zero-order valence-corrected chi connectivity index (χ0v) is 21.3. The predicted molar refractivity (Wildman–Crippen MR) is 131 cm³/mol. The molecule has 4 rings (SSSR count).